The van der Waals surface area contributed by atoms with Crippen LogP contribution in [-0.2, 0) is 9.59 Å². The van der Waals surface area contributed by atoms with E-state index in [0.29, 0.717) is 6.42 Å². The van der Waals surface area contributed by atoms with Crippen molar-refractivity contribution in [3.05, 3.63) is 0 Å². The molecule has 0 radical (unpaired) electrons. The molecule has 1 atom stereocenters. The van der Waals surface area contributed by atoms with Gasteiger partial charge in [0.25, 0.3) is 0 Å². The molecular weight excluding hydrogens is 264 g/mol. The molecule has 2 amide bonds. The molecule has 1 saturated heterocycles. The standard InChI is InChI=1S/C13H22N2O3S/c1-2-3-4-5-6-10(7-8-16)15-12(18)9-11(17)14-13(15)19/h10,16H,2-9H2,1H3,(H,14,17,19). The van der Waals surface area contributed by atoms with Gasteiger partial charge >= 0.3 is 0 Å². The molecule has 0 aromatic carbocycles. The van der Waals surface area contributed by atoms with Gasteiger partial charge in [0.15, 0.2) is 5.11 Å². The molecule has 0 spiro atoms. The zero-order valence-electron chi connectivity index (χ0n) is 11.4. The minimum atomic E-state index is -0.347. The Bertz CT molecular complexity index is 327. The van der Waals surface area contributed by atoms with E-state index >= 15 is 0 Å². The number of carbonyl (C=O) groups is 2. The first kappa shape index (κ1) is 16.0. The maximum Gasteiger partial charge on any atom is 0.238 e. The lowest BCUT2D eigenvalue weighted by Gasteiger charge is -2.34. The first-order valence-corrected chi connectivity index (χ1v) is 7.27. The van der Waals surface area contributed by atoms with Crippen LogP contribution in [0.5, 0.6) is 0 Å². The van der Waals surface area contributed by atoms with Crippen LogP contribution in [-0.4, -0.2) is 39.6 Å². The summed E-state index contributed by atoms with van der Waals surface area (Å²) in [5, 5.41) is 11.8. The Labute approximate surface area is 119 Å². The molecule has 0 bridgehead atoms. The van der Waals surface area contributed by atoms with Crippen molar-refractivity contribution in [2.45, 2.75) is 57.9 Å². The predicted molar refractivity (Wildman–Crippen MR) is 76.5 cm³/mol. The van der Waals surface area contributed by atoms with Crippen molar-refractivity contribution < 1.29 is 14.7 Å². The van der Waals surface area contributed by atoms with Crippen molar-refractivity contribution in [2.75, 3.05) is 6.61 Å². The summed E-state index contributed by atoms with van der Waals surface area (Å²) >= 11 is 5.06. The fraction of sp³-hybridized carbons (Fsp3) is 0.769. The Morgan fingerprint density at radius 1 is 1.32 bits per heavy atom. The summed E-state index contributed by atoms with van der Waals surface area (Å²) in [4.78, 5) is 24.6. The smallest absolute Gasteiger partial charge is 0.238 e. The summed E-state index contributed by atoms with van der Waals surface area (Å²) in [6, 6.07) is -0.109. The fourth-order valence-electron chi connectivity index (χ4n) is 2.29. The Hall–Kier alpha value is -1.01. The van der Waals surface area contributed by atoms with Crippen molar-refractivity contribution in [3.8, 4) is 0 Å². The van der Waals surface area contributed by atoms with Crippen LogP contribution in [0.4, 0.5) is 0 Å². The quantitative estimate of drug-likeness (QED) is 0.401. The molecule has 1 unspecified atom stereocenters. The summed E-state index contributed by atoms with van der Waals surface area (Å²) in [5.41, 5.74) is 0. The van der Waals surface area contributed by atoms with Gasteiger partial charge in [0.2, 0.25) is 11.8 Å². The van der Waals surface area contributed by atoms with Gasteiger partial charge in [-0.1, -0.05) is 32.6 Å². The van der Waals surface area contributed by atoms with Crippen molar-refractivity contribution in [1.82, 2.24) is 10.2 Å². The number of thiocarbonyl (C=S) groups is 1. The molecule has 1 aliphatic heterocycles. The Morgan fingerprint density at radius 2 is 2.05 bits per heavy atom. The lowest BCUT2D eigenvalue weighted by molar-refractivity contribution is -0.136. The highest BCUT2D eigenvalue weighted by Crippen LogP contribution is 2.17. The van der Waals surface area contributed by atoms with Crippen molar-refractivity contribution in [1.29, 1.82) is 0 Å². The van der Waals surface area contributed by atoms with Crippen molar-refractivity contribution >= 4 is 29.1 Å². The third kappa shape index (κ3) is 4.87. The first-order valence-electron chi connectivity index (χ1n) is 6.86. The van der Waals surface area contributed by atoms with E-state index < -0.39 is 0 Å². The zero-order valence-corrected chi connectivity index (χ0v) is 12.2. The van der Waals surface area contributed by atoms with Gasteiger partial charge in [0.1, 0.15) is 6.42 Å². The maximum atomic E-state index is 11.9. The van der Waals surface area contributed by atoms with E-state index in [-0.39, 0.29) is 36.0 Å². The van der Waals surface area contributed by atoms with Gasteiger partial charge in [0, 0.05) is 12.6 Å². The molecule has 1 rings (SSSR count). The van der Waals surface area contributed by atoms with Gasteiger partial charge in [-0.3, -0.25) is 14.5 Å². The van der Waals surface area contributed by atoms with Crippen LogP contribution < -0.4 is 5.32 Å². The molecule has 0 aliphatic carbocycles. The molecule has 1 fully saturated rings. The van der Waals surface area contributed by atoms with Crippen LogP contribution in [0, 0.1) is 0 Å². The molecule has 0 aromatic rings. The summed E-state index contributed by atoms with van der Waals surface area (Å²) < 4.78 is 0. The number of hydrogen-bond acceptors (Lipinski definition) is 4. The van der Waals surface area contributed by atoms with Crippen LogP contribution in [0.2, 0.25) is 0 Å². The number of hydrogen-bond donors (Lipinski definition) is 2. The molecule has 1 heterocycles. The predicted octanol–water partition coefficient (Wildman–Crippen LogP) is 1.34. The summed E-state index contributed by atoms with van der Waals surface area (Å²) in [5.74, 6) is -0.609. The van der Waals surface area contributed by atoms with Crippen LogP contribution in [0.3, 0.4) is 0 Å². The number of aliphatic hydroxyl groups is 1. The van der Waals surface area contributed by atoms with Gasteiger partial charge in [-0.15, -0.1) is 0 Å². The molecule has 6 heteroatoms. The van der Waals surface area contributed by atoms with E-state index in [9.17, 15) is 9.59 Å². The van der Waals surface area contributed by atoms with E-state index in [4.69, 9.17) is 17.3 Å². The Balaban J connectivity index is 2.60. The second-order valence-corrected chi connectivity index (χ2v) is 5.20. The SMILES string of the molecule is CCCCCCC(CCO)N1C(=O)CC(=O)NC1=S. The third-order valence-electron chi connectivity index (χ3n) is 3.26. The average Bonchev–Trinajstić information content (AvgIpc) is 2.33. The second kappa shape index (κ2) is 8.22. The Kier molecular flexibility index (Phi) is 6.94. The van der Waals surface area contributed by atoms with Crippen LogP contribution in [0.15, 0.2) is 0 Å². The van der Waals surface area contributed by atoms with Crippen molar-refractivity contribution in [2.24, 2.45) is 0 Å². The minimum absolute atomic E-state index is 0.0127. The van der Waals surface area contributed by atoms with Gasteiger partial charge < -0.3 is 10.4 Å². The summed E-state index contributed by atoms with van der Waals surface area (Å²) in [6.45, 7) is 2.16. The lowest BCUT2D eigenvalue weighted by Crippen LogP contribution is -2.56. The Morgan fingerprint density at radius 3 is 2.63 bits per heavy atom. The number of aliphatic hydroxyl groups excluding tert-OH is 1. The molecular formula is C13H22N2O3S. The highest BCUT2D eigenvalue weighted by Gasteiger charge is 2.32. The minimum Gasteiger partial charge on any atom is -0.396 e. The molecule has 2 N–H and O–H groups in total. The molecule has 1 aliphatic rings. The van der Waals surface area contributed by atoms with E-state index in [1.807, 2.05) is 0 Å². The number of unbranched alkanes of at least 4 members (excludes halogenated alkanes) is 3. The normalized spacial score (nSPS) is 17.6. The molecule has 0 saturated carbocycles. The topological polar surface area (TPSA) is 69.6 Å². The lowest BCUT2D eigenvalue weighted by atomic mass is 10.0. The molecule has 0 aromatic heterocycles. The monoisotopic (exact) mass is 286 g/mol. The zero-order chi connectivity index (χ0) is 14.3. The second-order valence-electron chi connectivity index (χ2n) is 4.81. The first-order chi connectivity index (χ1) is 9.10. The van der Waals surface area contributed by atoms with Crippen molar-refractivity contribution in [3.63, 3.8) is 0 Å². The third-order valence-corrected chi connectivity index (χ3v) is 3.56. The number of amides is 2. The van der Waals surface area contributed by atoms with Gasteiger partial charge in [-0.05, 0) is 25.1 Å². The summed E-state index contributed by atoms with van der Waals surface area (Å²) in [6.07, 6.45) is 5.58. The fourth-order valence-corrected chi connectivity index (χ4v) is 2.65. The van der Waals surface area contributed by atoms with E-state index in [0.717, 1.165) is 25.7 Å². The molecule has 19 heavy (non-hydrogen) atoms. The van der Waals surface area contributed by atoms with Gasteiger partial charge in [-0.2, -0.15) is 0 Å². The van der Waals surface area contributed by atoms with E-state index in [1.54, 1.807) is 0 Å². The molecule has 108 valence electrons. The summed E-state index contributed by atoms with van der Waals surface area (Å²) in [7, 11) is 0. The van der Waals surface area contributed by atoms with Crippen LogP contribution >= 0.6 is 12.2 Å². The number of carbonyl (C=O) groups excluding carboxylic acids is 2. The number of nitrogens with zero attached hydrogens (tertiary/aromatic N) is 1. The maximum absolute atomic E-state index is 11.9. The highest BCUT2D eigenvalue weighted by atomic mass is 32.1. The largest absolute Gasteiger partial charge is 0.396 e. The van der Waals surface area contributed by atoms with Crippen LogP contribution in [0.25, 0.3) is 0 Å². The van der Waals surface area contributed by atoms with Gasteiger partial charge in [-0.25, -0.2) is 0 Å². The highest BCUT2D eigenvalue weighted by molar-refractivity contribution is 7.80. The number of nitrogens with one attached hydrogen (secondary N) is 1. The van der Waals surface area contributed by atoms with E-state index in [2.05, 4.69) is 12.2 Å². The van der Waals surface area contributed by atoms with Crippen LogP contribution in [0.1, 0.15) is 51.9 Å². The molecule has 5 nitrogen and oxygen atoms in total. The van der Waals surface area contributed by atoms with Gasteiger partial charge in [0.05, 0.1) is 0 Å². The average molecular weight is 286 g/mol. The number of rotatable bonds is 8. The van der Waals surface area contributed by atoms with E-state index in [1.165, 1.54) is 11.3 Å².